The van der Waals surface area contributed by atoms with Gasteiger partial charge in [-0.15, -0.1) is 0 Å². The van der Waals surface area contributed by atoms with Crippen molar-refractivity contribution >= 4 is 22.0 Å². The fourth-order valence-corrected chi connectivity index (χ4v) is 5.89. The van der Waals surface area contributed by atoms with Crippen LogP contribution in [0.3, 0.4) is 0 Å². The van der Waals surface area contributed by atoms with Gasteiger partial charge in [0.1, 0.15) is 5.75 Å². The Hall–Kier alpha value is -1.27. The Bertz CT molecular complexity index is 742. The first-order valence-electron chi connectivity index (χ1n) is 12.2. The highest BCUT2D eigenvalue weighted by molar-refractivity contribution is 9.10. The van der Waals surface area contributed by atoms with Crippen LogP contribution in [0.2, 0.25) is 0 Å². The first kappa shape index (κ1) is 22.9. The lowest BCUT2D eigenvalue weighted by atomic mass is 9.90. The fraction of sp³-hybridized carbons (Fsp3) is 0.720. The first-order valence-corrected chi connectivity index (χ1v) is 13.0. The second kappa shape index (κ2) is 10.6. The zero-order valence-corrected chi connectivity index (χ0v) is 20.7. The van der Waals surface area contributed by atoms with Crippen molar-refractivity contribution in [3.63, 3.8) is 0 Å². The molecule has 3 fully saturated rings. The molecule has 1 N–H and O–H groups in total. The Kier molecular flexibility index (Phi) is 7.81. The van der Waals surface area contributed by atoms with Gasteiger partial charge in [0.2, 0.25) is 0 Å². The summed E-state index contributed by atoms with van der Waals surface area (Å²) in [6.07, 6.45) is 9.97. The van der Waals surface area contributed by atoms with Crippen LogP contribution in [0.1, 0.15) is 64.4 Å². The van der Waals surface area contributed by atoms with E-state index in [0.717, 1.165) is 38.3 Å². The van der Waals surface area contributed by atoms with E-state index in [4.69, 9.17) is 4.74 Å². The average Bonchev–Trinajstić information content (AvgIpc) is 3.12. The molecular formula is C25H38BrN3O2. The molecule has 2 amide bonds. The lowest BCUT2D eigenvalue weighted by Crippen LogP contribution is -2.43. The van der Waals surface area contributed by atoms with E-state index in [-0.39, 0.29) is 18.2 Å². The van der Waals surface area contributed by atoms with Crippen molar-refractivity contribution in [3.05, 3.63) is 28.2 Å². The van der Waals surface area contributed by atoms with E-state index in [1.54, 1.807) is 0 Å². The Balaban J connectivity index is 1.24. The summed E-state index contributed by atoms with van der Waals surface area (Å²) >= 11 is 3.73. The lowest BCUT2D eigenvalue weighted by molar-refractivity contribution is 0.163. The predicted octanol–water partition coefficient (Wildman–Crippen LogP) is 5.22. The highest BCUT2D eigenvalue weighted by Gasteiger charge is 2.35. The summed E-state index contributed by atoms with van der Waals surface area (Å²) in [5.41, 5.74) is 1.35. The standard InChI is InChI=1S/C25H38BrN3O2/c1-18(2)31-23-8-9-24(26)20(15-23)14-19-10-12-28(13-11-19)16-21-17-29(25(30)27-21)22-6-4-3-5-7-22/h8-9,15,18-19,21-22H,3-7,10-14,16-17H2,1-2H3,(H,27,30). The van der Waals surface area contributed by atoms with Crippen LogP contribution in [-0.2, 0) is 6.42 Å². The zero-order valence-electron chi connectivity index (χ0n) is 19.1. The van der Waals surface area contributed by atoms with Crippen LogP contribution in [0.25, 0.3) is 0 Å². The molecule has 1 aromatic rings. The highest BCUT2D eigenvalue weighted by atomic mass is 79.9. The van der Waals surface area contributed by atoms with Crippen molar-refractivity contribution in [1.82, 2.24) is 15.1 Å². The molecule has 0 bridgehead atoms. The van der Waals surface area contributed by atoms with Gasteiger partial charge in [0, 0.05) is 23.6 Å². The molecule has 1 aromatic carbocycles. The third-order valence-electron chi connectivity index (χ3n) is 7.10. The fourth-order valence-electron chi connectivity index (χ4n) is 5.48. The number of hydrogen-bond donors (Lipinski definition) is 1. The van der Waals surface area contributed by atoms with Crippen molar-refractivity contribution < 1.29 is 9.53 Å². The van der Waals surface area contributed by atoms with Gasteiger partial charge in [-0.25, -0.2) is 4.79 Å². The van der Waals surface area contributed by atoms with E-state index in [0.29, 0.717) is 12.0 Å². The molecular weight excluding hydrogens is 454 g/mol. The van der Waals surface area contributed by atoms with Gasteiger partial charge in [-0.05, 0) is 88.7 Å². The van der Waals surface area contributed by atoms with Gasteiger partial charge in [-0.2, -0.15) is 0 Å². The smallest absolute Gasteiger partial charge is 0.318 e. The summed E-state index contributed by atoms with van der Waals surface area (Å²) in [6, 6.07) is 7.28. The largest absolute Gasteiger partial charge is 0.491 e. The molecule has 31 heavy (non-hydrogen) atoms. The minimum atomic E-state index is 0.167. The van der Waals surface area contributed by atoms with Crippen molar-refractivity contribution in [2.45, 2.75) is 83.4 Å². The van der Waals surface area contributed by atoms with Gasteiger partial charge < -0.3 is 19.9 Å². The Morgan fingerprint density at radius 2 is 1.87 bits per heavy atom. The maximum absolute atomic E-state index is 12.5. The van der Waals surface area contributed by atoms with Crippen molar-refractivity contribution in [2.24, 2.45) is 5.92 Å². The van der Waals surface area contributed by atoms with E-state index < -0.39 is 0 Å². The van der Waals surface area contributed by atoms with Gasteiger partial charge in [0.25, 0.3) is 0 Å². The number of nitrogens with one attached hydrogen (secondary N) is 1. The molecule has 1 unspecified atom stereocenters. The second-order valence-electron chi connectivity index (χ2n) is 9.96. The number of rotatable bonds is 7. The van der Waals surface area contributed by atoms with E-state index >= 15 is 0 Å². The molecule has 4 rings (SSSR count). The summed E-state index contributed by atoms with van der Waals surface area (Å²) in [4.78, 5) is 17.2. The number of amides is 2. The number of piperidine rings is 1. The molecule has 5 nitrogen and oxygen atoms in total. The molecule has 2 aliphatic heterocycles. The maximum Gasteiger partial charge on any atom is 0.318 e. The van der Waals surface area contributed by atoms with Gasteiger partial charge in [-0.1, -0.05) is 35.2 Å². The number of benzene rings is 1. The van der Waals surface area contributed by atoms with Crippen LogP contribution in [0.5, 0.6) is 5.75 Å². The molecule has 3 aliphatic rings. The van der Waals surface area contributed by atoms with E-state index in [1.165, 1.54) is 55.0 Å². The topological polar surface area (TPSA) is 44.8 Å². The third kappa shape index (κ3) is 6.16. The van der Waals surface area contributed by atoms with Gasteiger partial charge in [-0.3, -0.25) is 0 Å². The van der Waals surface area contributed by atoms with Crippen LogP contribution in [0.15, 0.2) is 22.7 Å². The summed E-state index contributed by atoms with van der Waals surface area (Å²) in [5, 5.41) is 3.25. The Morgan fingerprint density at radius 3 is 2.58 bits per heavy atom. The van der Waals surface area contributed by atoms with Crippen molar-refractivity contribution in [3.8, 4) is 5.75 Å². The normalized spacial score (nSPS) is 24.1. The summed E-state index contributed by atoms with van der Waals surface area (Å²) < 4.78 is 7.07. The number of nitrogens with zero attached hydrogens (tertiary/aromatic N) is 2. The van der Waals surface area contributed by atoms with Crippen molar-refractivity contribution in [1.29, 1.82) is 0 Å². The molecule has 0 aromatic heterocycles. The zero-order chi connectivity index (χ0) is 21.8. The summed E-state index contributed by atoms with van der Waals surface area (Å²) in [6.45, 7) is 8.26. The number of halogens is 1. The molecule has 1 atom stereocenters. The van der Waals surface area contributed by atoms with Crippen LogP contribution >= 0.6 is 15.9 Å². The van der Waals surface area contributed by atoms with Gasteiger partial charge in [0.15, 0.2) is 0 Å². The molecule has 1 aliphatic carbocycles. The molecule has 0 radical (unpaired) electrons. The van der Waals surface area contributed by atoms with E-state index in [9.17, 15) is 4.79 Å². The number of ether oxygens (including phenoxy) is 1. The summed E-state index contributed by atoms with van der Waals surface area (Å²) in [7, 11) is 0. The molecule has 2 heterocycles. The number of carbonyl (C=O) groups excluding carboxylic acids is 1. The maximum atomic E-state index is 12.5. The number of urea groups is 1. The van der Waals surface area contributed by atoms with Crippen molar-refractivity contribution in [2.75, 3.05) is 26.2 Å². The Morgan fingerprint density at radius 1 is 1.13 bits per heavy atom. The number of hydrogen-bond acceptors (Lipinski definition) is 3. The van der Waals surface area contributed by atoms with Crippen LogP contribution in [-0.4, -0.2) is 60.2 Å². The number of carbonyl (C=O) groups is 1. The monoisotopic (exact) mass is 491 g/mol. The second-order valence-corrected chi connectivity index (χ2v) is 10.8. The van der Waals surface area contributed by atoms with Gasteiger partial charge in [0.05, 0.1) is 12.1 Å². The quantitative estimate of drug-likeness (QED) is 0.568. The molecule has 1 saturated carbocycles. The SMILES string of the molecule is CC(C)Oc1ccc(Br)c(CC2CCN(CC3CN(C4CCCCC4)C(=O)N3)CC2)c1. The predicted molar refractivity (Wildman–Crippen MR) is 129 cm³/mol. The highest BCUT2D eigenvalue weighted by Crippen LogP contribution is 2.30. The molecule has 2 saturated heterocycles. The Labute approximate surface area is 196 Å². The van der Waals surface area contributed by atoms with Crippen LogP contribution in [0, 0.1) is 5.92 Å². The lowest BCUT2D eigenvalue weighted by Gasteiger charge is -2.34. The first-order chi connectivity index (χ1) is 15.0. The molecule has 6 heteroatoms. The summed E-state index contributed by atoms with van der Waals surface area (Å²) in [5.74, 6) is 1.67. The molecule has 172 valence electrons. The average molecular weight is 493 g/mol. The van der Waals surface area contributed by atoms with Crippen LogP contribution in [0.4, 0.5) is 4.79 Å². The van der Waals surface area contributed by atoms with E-state index in [2.05, 4.69) is 57.0 Å². The van der Waals surface area contributed by atoms with E-state index in [1.807, 2.05) is 6.07 Å². The van der Waals surface area contributed by atoms with Gasteiger partial charge >= 0.3 is 6.03 Å². The minimum absolute atomic E-state index is 0.167. The number of likely N-dealkylation sites (tertiary alicyclic amines) is 1. The minimum Gasteiger partial charge on any atom is -0.491 e. The third-order valence-corrected chi connectivity index (χ3v) is 7.88. The van der Waals surface area contributed by atoms with Crippen LogP contribution < -0.4 is 10.1 Å². The molecule has 0 spiro atoms.